The quantitative estimate of drug-likeness (QED) is 0.781. The Morgan fingerprint density at radius 1 is 1.28 bits per heavy atom. The lowest BCUT2D eigenvalue weighted by Gasteiger charge is -2.22. The van der Waals surface area contributed by atoms with Crippen molar-refractivity contribution in [1.29, 1.82) is 0 Å². The molecule has 6 nitrogen and oxygen atoms in total. The zero-order chi connectivity index (χ0) is 14.3. The van der Waals surface area contributed by atoms with Crippen LogP contribution in [0.3, 0.4) is 0 Å². The molecule has 1 amide bonds. The number of esters is 1. The van der Waals surface area contributed by atoms with E-state index >= 15 is 0 Å². The zero-order valence-electron chi connectivity index (χ0n) is 11.2. The van der Waals surface area contributed by atoms with E-state index in [-0.39, 0.29) is 10.9 Å². The van der Waals surface area contributed by atoms with Gasteiger partial charge in [-0.05, 0) is 20.8 Å². The summed E-state index contributed by atoms with van der Waals surface area (Å²) in [5.74, 6) is -0.504. The number of carbonyl (C=O) groups is 3. The van der Waals surface area contributed by atoms with Crippen LogP contribution >= 0.6 is 11.8 Å². The molecule has 0 saturated heterocycles. The van der Waals surface area contributed by atoms with E-state index in [1.807, 2.05) is 0 Å². The van der Waals surface area contributed by atoms with Gasteiger partial charge in [0.2, 0.25) is 0 Å². The van der Waals surface area contributed by atoms with Crippen LogP contribution in [-0.2, 0) is 19.1 Å². The van der Waals surface area contributed by atoms with Gasteiger partial charge in [0.15, 0.2) is 5.12 Å². The first-order valence-corrected chi connectivity index (χ1v) is 6.35. The molecule has 0 unspecified atom stereocenters. The predicted molar refractivity (Wildman–Crippen MR) is 68.3 cm³/mol. The molecule has 0 heterocycles. The van der Waals surface area contributed by atoms with Gasteiger partial charge >= 0.3 is 12.1 Å². The summed E-state index contributed by atoms with van der Waals surface area (Å²) >= 11 is 0.933. The normalized spacial score (nSPS) is 12.5. The topological polar surface area (TPSA) is 81.7 Å². The van der Waals surface area contributed by atoms with Gasteiger partial charge in [-0.2, -0.15) is 0 Å². The van der Waals surface area contributed by atoms with Crippen molar-refractivity contribution >= 4 is 28.9 Å². The molecule has 0 aliphatic heterocycles. The third-order valence-electron chi connectivity index (χ3n) is 1.63. The number of thioether (sulfide) groups is 1. The number of carbonyl (C=O) groups excluding carboxylic acids is 3. The number of nitrogens with one attached hydrogen (secondary N) is 1. The average Bonchev–Trinajstić information content (AvgIpc) is 2.20. The maximum absolute atomic E-state index is 11.5. The van der Waals surface area contributed by atoms with Crippen LogP contribution in [0.4, 0.5) is 4.79 Å². The van der Waals surface area contributed by atoms with Gasteiger partial charge in [-0.3, -0.25) is 4.79 Å². The molecule has 0 fully saturated rings. The molecule has 1 atom stereocenters. The van der Waals surface area contributed by atoms with Crippen LogP contribution in [0.15, 0.2) is 0 Å². The first-order chi connectivity index (χ1) is 8.15. The Balaban J connectivity index is 4.45. The minimum absolute atomic E-state index is 0.112. The molecule has 0 spiro atoms. The summed E-state index contributed by atoms with van der Waals surface area (Å²) in [7, 11) is 1.21. The summed E-state index contributed by atoms with van der Waals surface area (Å²) in [6.07, 6.45) is -0.720. The minimum Gasteiger partial charge on any atom is -0.467 e. The van der Waals surface area contributed by atoms with Crippen LogP contribution in [-0.4, -0.2) is 41.7 Å². The molecule has 0 saturated carbocycles. The van der Waals surface area contributed by atoms with E-state index in [1.54, 1.807) is 20.8 Å². The number of rotatable bonds is 4. The molecular weight excluding hydrogens is 258 g/mol. The van der Waals surface area contributed by atoms with Gasteiger partial charge in [0.05, 0.1) is 7.11 Å². The fourth-order valence-electron chi connectivity index (χ4n) is 0.961. The fourth-order valence-corrected chi connectivity index (χ4v) is 1.58. The molecule has 18 heavy (non-hydrogen) atoms. The summed E-state index contributed by atoms with van der Waals surface area (Å²) < 4.78 is 9.56. The standard InChI is InChI=1S/C11H19NO5S/c1-7(13)18-6-8(9(14)16-5)12-10(15)17-11(2,3)4/h8H,6H2,1-5H3,(H,12,15)/t8-/m0/s1. The summed E-state index contributed by atoms with van der Waals surface area (Å²) in [6, 6.07) is -0.904. The summed E-state index contributed by atoms with van der Waals surface area (Å²) in [5, 5.41) is 2.23. The summed E-state index contributed by atoms with van der Waals surface area (Å²) in [5.41, 5.74) is -0.654. The second kappa shape index (κ2) is 7.25. The third-order valence-corrected chi connectivity index (χ3v) is 2.54. The lowest BCUT2D eigenvalue weighted by Crippen LogP contribution is -2.45. The van der Waals surface area contributed by atoms with Crippen molar-refractivity contribution in [2.75, 3.05) is 12.9 Å². The molecule has 0 aliphatic rings. The zero-order valence-corrected chi connectivity index (χ0v) is 12.1. The van der Waals surface area contributed by atoms with Crippen molar-refractivity contribution in [3.05, 3.63) is 0 Å². The Labute approximate surface area is 111 Å². The van der Waals surface area contributed by atoms with Crippen LogP contribution in [0, 0.1) is 0 Å². The highest BCUT2D eigenvalue weighted by atomic mass is 32.2. The maximum atomic E-state index is 11.5. The van der Waals surface area contributed by atoms with Gasteiger partial charge in [0, 0.05) is 12.7 Å². The first kappa shape index (κ1) is 16.8. The van der Waals surface area contributed by atoms with Gasteiger partial charge < -0.3 is 14.8 Å². The number of amides is 1. The Bertz CT molecular complexity index is 324. The average molecular weight is 277 g/mol. The molecule has 0 bridgehead atoms. The fraction of sp³-hybridized carbons (Fsp3) is 0.727. The Morgan fingerprint density at radius 2 is 1.83 bits per heavy atom. The van der Waals surface area contributed by atoms with Gasteiger partial charge in [0.1, 0.15) is 11.6 Å². The van der Waals surface area contributed by atoms with E-state index in [1.165, 1.54) is 14.0 Å². The molecule has 104 valence electrons. The highest BCUT2D eigenvalue weighted by Gasteiger charge is 2.25. The van der Waals surface area contributed by atoms with E-state index in [0.29, 0.717) is 0 Å². The highest BCUT2D eigenvalue weighted by molar-refractivity contribution is 8.13. The number of hydrogen-bond donors (Lipinski definition) is 1. The molecule has 0 aliphatic carbocycles. The number of hydrogen-bond acceptors (Lipinski definition) is 6. The van der Waals surface area contributed by atoms with Crippen molar-refractivity contribution in [2.45, 2.75) is 39.3 Å². The Kier molecular flexibility index (Phi) is 6.75. The van der Waals surface area contributed by atoms with Crippen LogP contribution in [0.2, 0.25) is 0 Å². The number of alkyl carbamates (subject to hydrolysis) is 1. The van der Waals surface area contributed by atoms with Crippen LogP contribution < -0.4 is 5.32 Å². The predicted octanol–water partition coefficient (Wildman–Crippen LogP) is 1.33. The minimum atomic E-state index is -0.904. The Hall–Kier alpha value is -1.24. The van der Waals surface area contributed by atoms with E-state index < -0.39 is 23.7 Å². The SMILES string of the molecule is COC(=O)[C@H](CSC(C)=O)NC(=O)OC(C)(C)C. The monoisotopic (exact) mass is 277 g/mol. The molecule has 0 radical (unpaired) electrons. The molecule has 0 rings (SSSR count). The maximum Gasteiger partial charge on any atom is 0.408 e. The summed E-state index contributed by atoms with van der Waals surface area (Å²) in [6.45, 7) is 6.52. The van der Waals surface area contributed by atoms with Crippen molar-refractivity contribution < 1.29 is 23.9 Å². The second-order valence-electron chi connectivity index (χ2n) is 4.52. The third kappa shape index (κ3) is 7.94. The van der Waals surface area contributed by atoms with Crippen LogP contribution in [0.1, 0.15) is 27.7 Å². The summed E-state index contributed by atoms with van der Waals surface area (Å²) in [4.78, 5) is 33.7. The smallest absolute Gasteiger partial charge is 0.408 e. The van der Waals surface area contributed by atoms with E-state index in [9.17, 15) is 14.4 Å². The van der Waals surface area contributed by atoms with E-state index in [0.717, 1.165) is 11.8 Å². The van der Waals surface area contributed by atoms with Crippen molar-refractivity contribution in [3.8, 4) is 0 Å². The van der Waals surface area contributed by atoms with Crippen molar-refractivity contribution in [2.24, 2.45) is 0 Å². The van der Waals surface area contributed by atoms with Gasteiger partial charge in [-0.25, -0.2) is 9.59 Å². The van der Waals surface area contributed by atoms with Crippen LogP contribution in [0.25, 0.3) is 0 Å². The van der Waals surface area contributed by atoms with E-state index in [2.05, 4.69) is 10.1 Å². The lowest BCUT2D eigenvalue weighted by molar-refractivity contribution is -0.142. The van der Waals surface area contributed by atoms with Gasteiger partial charge in [-0.15, -0.1) is 0 Å². The molecular formula is C11H19NO5S. The molecule has 0 aromatic rings. The van der Waals surface area contributed by atoms with E-state index in [4.69, 9.17) is 4.74 Å². The van der Waals surface area contributed by atoms with Gasteiger partial charge in [0.25, 0.3) is 0 Å². The lowest BCUT2D eigenvalue weighted by atomic mass is 10.2. The number of methoxy groups -OCH3 is 1. The molecule has 0 aromatic heterocycles. The second-order valence-corrected chi connectivity index (χ2v) is 5.72. The molecule has 7 heteroatoms. The molecule has 1 N–H and O–H groups in total. The Morgan fingerprint density at radius 3 is 2.22 bits per heavy atom. The molecule has 0 aromatic carbocycles. The largest absolute Gasteiger partial charge is 0.467 e. The highest BCUT2D eigenvalue weighted by Crippen LogP contribution is 2.09. The number of ether oxygens (including phenoxy) is 2. The van der Waals surface area contributed by atoms with Gasteiger partial charge in [-0.1, -0.05) is 11.8 Å². The van der Waals surface area contributed by atoms with Crippen molar-refractivity contribution in [3.63, 3.8) is 0 Å². The van der Waals surface area contributed by atoms with Crippen LogP contribution in [0.5, 0.6) is 0 Å². The first-order valence-electron chi connectivity index (χ1n) is 5.36. The van der Waals surface area contributed by atoms with Crippen molar-refractivity contribution in [1.82, 2.24) is 5.32 Å².